The summed E-state index contributed by atoms with van der Waals surface area (Å²) in [4.78, 5) is 13.6. The molecule has 0 saturated carbocycles. The lowest BCUT2D eigenvalue weighted by Crippen LogP contribution is -2.51. The van der Waals surface area contributed by atoms with Gasteiger partial charge in [-0.3, -0.25) is 9.89 Å². The van der Waals surface area contributed by atoms with Crippen molar-refractivity contribution < 1.29 is 4.79 Å². The van der Waals surface area contributed by atoms with Gasteiger partial charge in [0.15, 0.2) is 0 Å². The summed E-state index contributed by atoms with van der Waals surface area (Å²) in [7, 11) is 3.57. The van der Waals surface area contributed by atoms with E-state index >= 15 is 0 Å². The fourth-order valence-electron chi connectivity index (χ4n) is 1.29. The molecule has 1 heterocycles. The molecule has 1 aromatic rings. The molecule has 0 fully saturated rings. The fraction of sp³-hybridized carbons (Fsp3) is 0.600. The van der Waals surface area contributed by atoms with Gasteiger partial charge in [-0.1, -0.05) is 0 Å². The monoisotopic (exact) mass is 210 g/mol. The summed E-state index contributed by atoms with van der Waals surface area (Å²) in [5, 5.41) is 9.55. The summed E-state index contributed by atoms with van der Waals surface area (Å²) in [5.41, 5.74) is 0.469. The minimum Gasteiger partial charge on any atom is -0.340 e. The largest absolute Gasteiger partial charge is 0.340 e. The first-order valence-electron chi connectivity index (χ1n) is 4.89. The zero-order valence-corrected chi connectivity index (χ0v) is 9.66. The summed E-state index contributed by atoms with van der Waals surface area (Å²) < 4.78 is 0. The molecule has 0 atom stereocenters. The molecular weight excluding hydrogens is 192 g/mol. The molecule has 5 nitrogen and oxygen atoms in total. The van der Waals surface area contributed by atoms with Gasteiger partial charge in [-0.05, 0) is 20.9 Å². The topological polar surface area (TPSA) is 61.0 Å². The van der Waals surface area contributed by atoms with Crippen LogP contribution in [-0.2, 0) is 11.3 Å². The number of likely N-dealkylation sites (N-methyl/N-ethyl adjacent to an activating group) is 2. The number of carbonyl (C=O) groups is 1. The van der Waals surface area contributed by atoms with Crippen molar-refractivity contribution in [3.05, 3.63) is 18.0 Å². The number of hydrogen-bond acceptors (Lipinski definition) is 3. The van der Waals surface area contributed by atoms with Crippen LogP contribution in [0.2, 0.25) is 0 Å². The van der Waals surface area contributed by atoms with Gasteiger partial charge in [0.1, 0.15) is 0 Å². The maximum Gasteiger partial charge on any atom is 0.242 e. The first-order chi connectivity index (χ1) is 6.97. The second-order valence-electron chi connectivity index (χ2n) is 4.14. The van der Waals surface area contributed by atoms with E-state index in [1.165, 1.54) is 0 Å². The third-order valence-electron chi connectivity index (χ3n) is 2.48. The molecular formula is C10H18N4O. The number of nitrogens with one attached hydrogen (secondary N) is 2. The molecule has 0 spiro atoms. The fourth-order valence-corrected chi connectivity index (χ4v) is 1.29. The van der Waals surface area contributed by atoms with Crippen molar-refractivity contribution in [3.8, 4) is 0 Å². The summed E-state index contributed by atoms with van der Waals surface area (Å²) >= 11 is 0. The van der Waals surface area contributed by atoms with Gasteiger partial charge in [-0.2, -0.15) is 5.10 Å². The predicted octanol–water partition coefficient (Wildman–Crippen LogP) is 0.366. The average Bonchev–Trinajstić information content (AvgIpc) is 2.69. The van der Waals surface area contributed by atoms with Crippen molar-refractivity contribution in [1.29, 1.82) is 0 Å². The lowest BCUT2D eigenvalue weighted by Gasteiger charge is -2.28. The maximum atomic E-state index is 12.0. The first kappa shape index (κ1) is 11.7. The summed E-state index contributed by atoms with van der Waals surface area (Å²) in [6.07, 6.45) is 3.51. The Bertz CT molecular complexity index is 318. The van der Waals surface area contributed by atoms with E-state index in [1.54, 1.807) is 31.4 Å². The molecule has 0 radical (unpaired) electrons. The Hall–Kier alpha value is -1.36. The van der Waals surface area contributed by atoms with Crippen LogP contribution in [0.25, 0.3) is 0 Å². The molecule has 0 aliphatic carbocycles. The lowest BCUT2D eigenvalue weighted by molar-refractivity contribution is -0.136. The third kappa shape index (κ3) is 2.79. The molecule has 84 valence electrons. The first-order valence-corrected chi connectivity index (χ1v) is 4.89. The summed E-state index contributed by atoms with van der Waals surface area (Å²) in [5.74, 6) is 0.0613. The maximum absolute atomic E-state index is 12.0. The minimum absolute atomic E-state index is 0.0613. The molecule has 0 saturated heterocycles. The molecule has 1 aromatic heterocycles. The molecule has 1 amide bonds. The minimum atomic E-state index is -0.529. The van der Waals surface area contributed by atoms with E-state index in [1.807, 2.05) is 13.8 Å². The van der Waals surface area contributed by atoms with Crippen molar-refractivity contribution in [2.75, 3.05) is 14.1 Å². The number of rotatable bonds is 4. The van der Waals surface area contributed by atoms with E-state index in [0.29, 0.717) is 6.54 Å². The Morgan fingerprint density at radius 2 is 2.33 bits per heavy atom. The van der Waals surface area contributed by atoms with Crippen LogP contribution in [0.3, 0.4) is 0 Å². The Morgan fingerprint density at radius 3 is 2.80 bits per heavy atom. The normalized spacial score (nSPS) is 11.5. The molecule has 1 rings (SSSR count). The van der Waals surface area contributed by atoms with Crippen LogP contribution < -0.4 is 5.32 Å². The van der Waals surface area contributed by atoms with Gasteiger partial charge in [-0.25, -0.2) is 0 Å². The van der Waals surface area contributed by atoms with Gasteiger partial charge >= 0.3 is 0 Å². The Kier molecular flexibility index (Phi) is 3.47. The van der Waals surface area contributed by atoms with Crippen molar-refractivity contribution in [3.63, 3.8) is 0 Å². The second kappa shape index (κ2) is 4.44. The van der Waals surface area contributed by atoms with E-state index < -0.39 is 5.54 Å². The van der Waals surface area contributed by atoms with Crippen molar-refractivity contribution in [2.24, 2.45) is 0 Å². The van der Waals surface area contributed by atoms with Crippen molar-refractivity contribution >= 4 is 5.91 Å². The van der Waals surface area contributed by atoms with Gasteiger partial charge in [0.05, 0.1) is 11.7 Å². The Labute approximate surface area is 89.9 Å². The Balaban J connectivity index is 2.61. The van der Waals surface area contributed by atoms with E-state index in [9.17, 15) is 4.79 Å². The molecule has 2 N–H and O–H groups in total. The van der Waals surface area contributed by atoms with Crippen LogP contribution in [0.15, 0.2) is 12.4 Å². The quantitative estimate of drug-likeness (QED) is 0.754. The number of aromatic amines is 1. The summed E-state index contributed by atoms with van der Waals surface area (Å²) in [6, 6.07) is 0. The highest BCUT2D eigenvalue weighted by atomic mass is 16.2. The smallest absolute Gasteiger partial charge is 0.242 e. The number of aromatic nitrogens is 2. The number of amides is 1. The van der Waals surface area contributed by atoms with Crippen LogP contribution in [0.1, 0.15) is 19.4 Å². The predicted molar refractivity (Wildman–Crippen MR) is 58.2 cm³/mol. The van der Waals surface area contributed by atoms with Gasteiger partial charge in [0.25, 0.3) is 0 Å². The van der Waals surface area contributed by atoms with Gasteiger partial charge in [0, 0.05) is 25.4 Å². The molecule has 0 aliphatic heterocycles. The molecule has 15 heavy (non-hydrogen) atoms. The highest BCUT2D eigenvalue weighted by Gasteiger charge is 2.28. The standard InChI is InChI=1S/C10H18N4O/c1-10(2,11-3)9(15)14(4)7-8-5-12-13-6-8/h5-6,11H,7H2,1-4H3,(H,12,13). The van der Waals surface area contributed by atoms with Crippen LogP contribution in [0, 0.1) is 0 Å². The van der Waals surface area contributed by atoms with Gasteiger partial charge < -0.3 is 10.2 Å². The molecule has 0 aliphatic rings. The molecule has 5 heteroatoms. The number of carbonyl (C=O) groups excluding carboxylic acids is 1. The number of hydrogen-bond donors (Lipinski definition) is 2. The second-order valence-corrected chi connectivity index (χ2v) is 4.14. The molecule has 0 bridgehead atoms. The zero-order chi connectivity index (χ0) is 11.5. The highest BCUT2D eigenvalue weighted by Crippen LogP contribution is 2.08. The van der Waals surface area contributed by atoms with Crippen LogP contribution in [0.4, 0.5) is 0 Å². The van der Waals surface area contributed by atoms with E-state index in [4.69, 9.17) is 0 Å². The van der Waals surface area contributed by atoms with E-state index in [-0.39, 0.29) is 5.91 Å². The summed E-state index contributed by atoms with van der Waals surface area (Å²) in [6.45, 7) is 4.29. The van der Waals surface area contributed by atoms with Gasteiger partial charge in [0.2, 0.25) is 5.91 Å². The third-order valence-corrected chi connectivity index (χ3v) is 2.48. The zero-order valence-electron chi connectivity index (χ0n) is 9.66. The molecule has 0 unspecified atom stereocenters. The van der Waals surface area contributed by atoms with Gasteiger partial charge in [-0.15, -0.1) is 0 Å². The van der Waals surface area contributed by atoms with Crippen molar-refractivity contribution in [2.45, 2.75) is 25.9 Å². The van der Waals surface area contributed by atoms with Crippen molar-refractivity contribution in [1.82, 2.24) is 20.4 Å². The molecule has 0 aromatic carbocycles. The Morgan fingerprint density at radius 1 is 1.67 bits per heavy atom. The van der Waals surface area contributed by atoms with Crippen LogP contribution in [-0.4, -0.2) is 40.6 Å². The number of H-pyrrole nitrogens is 1. The van der Waals surface area contributed by atoms with Crippen LogP contribution in [0.5, 0.6) is 0 Å². The van der Waals surface area contributed by atoms with E-state index in [2.05, 4.69) is 15.5 Å². The SMILES string of the molecule is CNC(C)(C)C(=O)N(C)Cc1cn[nH]c1. The lowest BCUT2D eigenvalue weighted by atomic mass is 10.0. The number of nitrogens with zero attached hydrogens (tertiary/aromatic N) is 2. The van der Waals surface area contributed by atoms with E-state index in [0.717, 1.165) is 5.56 Å². The highest BCUT2D eigenvalue weighted by molar-refractivity contribution is 5.85. The average molecular weight is 210 g/mol. The van der Waals surface area contributed by atoms with Crippen LogP contribution >= 0.6 is 0 Å².